The second kappa shape index (κ2) is 4.14. The fourth-order valence-corrected chi connectivity index (χ4v) is 1.47. The summed E-state index contributed by atoms with van der Waals surface area (Å²) in [4.78, 5) is 4.04. The van der Waals surface area contributed by atoms with Crippen LogP contribution in [0.25, 0.3) is 5.69 Å². The number of hydrogen-bond acceptors (Lipinski definition) is 4. The molecule has 1 heterocycles. The highest BCUT2D eigenvalue weighted by molar-refractivity contribution is 5.44. The number of imidazole rings is 1. The number of aromatic nitrogens is 2. The van der Waals surface area contributed by atoms with Crippen LogP contribution in [0.5, 0.6) is 11.8 Å². The lowest BCUT2D eigenvalue weighted by Crippen LogP contribution is -1.97. The van der Waals surface area contributed by atoms with Gasteiger partial charge in [0.05, 0.1) is 26.1 Å². The molecule has 0 aliphatic heterocycles. The summed E-state index contributed by atoms with van der Waals surface area (Å²) in [6.45, 7) is 0. The number of rotatable bonds is 3. The van der Waals surface area contributed by atoms with Crippen LogP contribution in [0.3, 0.4) is 0 Å². The van der Waals surface area contributed by atoms with Crippen molar-refractivity contribution < 1.29 is 9.47 Å². The number of anilines is 1. The SMILES string of the molecule is COc1cccc(-n2cc(N)nc2OC)c1. The summed E-state index contributed by atoms with van der Waals surface area (Å²) in [5.74, 6) is 1.19. The summed E-state index contributed by atoms with van der Waals surface area (Å²) in [5.41, 5.74) is 6.51. The van der Waals surface area contributed by atoms with Crippen molar-refractivity contribution in [2.75, 3.05) is 20.0 Å². The molecule has 0 unspecified atom stereocenters. The van der Waals surface area contributed by atoms with Gasteiger partial charge in [0.1, 0.15) is 11.6 Å². The first kappa shape index (κ1) is 10.4. The summed E-state index contributed by atoms with van der Waals surface area (Å²) in [5, 5.41) is 0. The van der Waals surface area contributed by atoms with Gasteiger partial charge in [-0.2, -0.15) is 4.98 Å². The van der Waals surface area contributed by atoms with Crippen LogP contribution in [-0.2, 0) is 0 Å². The minimum absolute atomic E-state index is 0.416. The average molecular weight is 219 g/mol. The van der Waals surface area contributed by atoms with Crippen molar-refractivity contribution in [3.63, 3.8) is 0 Å². The fraction of sp³-hybridized carbons (Fsp3) is 0.182. The van der Waals surface area contributed by atoms with E-state index in [2.05, 4.69) is 4.98 Å². The van der Waals surface area contributed by atoms with E-state index in [0.29, 0.717) is 11.8 Å². The van der Waals surface area contributed by atoms with Crippen molar-refractivity contribution in [1.29, 1.82) is 0 Å². The highest BCUT2D eigenvalue weighted by Gasteiger charge is 2.08. The topological polar surface area (TPSA) is 62.3 Å². The second-order valence-corrected chi connectivity index (χ2v) is 3.22. The Hall–Kier alpha value is -2.17. The van der Waals surface area contributed by atoms with E-state index in [4.69, 9.17) is 15.2 Å². The number of nitrogen functional groups attached to an aromatic ring is 1. The van der Waals surface area contributed by atoms with Gasteiger partial charge in [0.15, 0.2) is 0 Å². The molecule has 0 aliphatic rings. The Morgan fingerprint density at radius 3 is 2.75 bits per heavy atom. The lowest BCUT2D eigenvalue weighted by Gasteiger charge is -2.07. The van der Waals surface area contributed by atoms with Gasteiger partial charge in [-0.15, -0.1) is 0 Å². The number of benzene rings is 1. The van der Waals surface area contributed by atoms with E-state index >= 15 is 0 Å². The zero-order valence-electron chi connectivity index (χ0n) is 9.18. The first-order valence-corrected chi connectivity index (χ1v) is 4.78. The van der Waals surface area contributed by atoms with E-state index in [1.807, 2.05) is 24.3 Å². The van der Waals surface area contributed by atoms with Gasteiger partial charge in [-0.1, -0.05) is 6.07 Å². The monoisotopic (exact) mass is 219 g/mol. The van der Waals surface area contributed by atoms with E-state index in [1.54, 1.807) is 25.0 Å². The van der Waals surface area contributed by atoms with E-state index in [1.165, 1.54) is 0 Å². The third-order valence-corrected chi connectivity index (χ3v) is 2.21. The Balaban J connectivity index is 2.48. The van der Waals surface area contributed by atoms with Crippen LogP contribution in [0.15, 0.2) is 30.5 Å². The zero-order chi connectivity index (χ0) is 11.5. The van der Waals surface area contributed by atoms with E-state index < -0.39 is 0 Å². The molecule has 5 nitrogen and oxygen atoms in total. The largest absolute Gasteiger partial charge is 0.497 e. The third kappa shape index (κ3) is 1.79. The quantitative estimate of drug-likeness (QED) is 0.849. The van der Waals surface area contributed by atoms with Gasteiger partial charge in [0, 0.05) is 6.07 Å². The summed E-state index contributed by atoms with van der Waals surface area (Å²) < 4.78 is 12.0. The van der Waals surface area contributed by atoms with Crippen molar-refractivity contribution in [3.05, 3.63) is 30.5 Å². The van der Waals surface area contributed by atoms with Crippen LogP contribution >= 0.6 is 0 Å². The lowest BCUT2D eigenvalue weighted by atomic mass is 10.3. The van der Waals surface area contributed by atoms with Gasteiger partial charge in [-0.3, -0.25) is 4.57 Å². The molecule has 0 saturated heterocycles. The Labute approximate surface area is 93.4 Å². The molecule has 0 atom stereocenters. The smallest absolute Gasteiger partial charge is 0.302 e. The molecule has 16 heavy (non-hydrogen) atoms. The molecule has 84 valence electrons. The number of ether oxygens (including phenoxy) is 2. The number of methoxy groups -OCH3 is 2. The van der Waals surface area contributed by atoms with E-state index in [9.17, 15) is 0 Å². The minimum atomic E-state index is 0.416. The van der Waals surface area contributed by atoms with Gasteiger partial charge in [0.25, 0.3) is 0 Å². The molecule has 0 amide bonds. The van der Waals surface area contributed by atoms with Crippen molar-refractivity contribution in [2.24, 2.45) is 0 Å². The van der Waals surface area contributed by atoms with Crippen LogP contribution in [0, 0.1) is 0 Å². The van der Waals surface area contributed by atoms with Gasteiger partial charge in [0.2, 0.25) is 0 Å². The van der Waals surface area contributed by atoms with Crippen LogP contribution in [-0.4, -0.2) is 23.8 Å². The van der Waals surface area contributed by atoms with Crippen LogP contribution in [0.1, 0.15) is 0 Å². The molecule has 1 aromatic carbocycles. The molecule has 2 N–H and O–H groups in total. The molecule has 5 heteroatoms. The van der Waals surface area contributed by atoms with Gasteiger partial charge >= 0.3 is 6.01 Å². The Kier molecular flexibility index (Phi) is 2.68. The molecule has 0 fully saturated rings. The molecule has 2 aromatic rings. The van der Waals surface area contributed by atoms with Crippen molar-refractivity contribution >= 4 is 5.82 Å². The molecular formula is C11H13N3O2. The van der Waals surface area contributed by atoms with Crippen molar-refractivity contribution in [2.45, 2.75) is 0 Å². The Morgan fingerprint density at radius 1 is 1.25 bits per heavy atom. The zero-order valence-corrected chi connectivity index (χ0v) is 9.18. The predicted octanol–water partition coefficient (Wildman–Crippen LogP) is 1.47. The molecule has 0 spiro atoms. The van der Waals surface area contributed by atoms with Crippen LogP contribution in [0.4, 0.5) is 5.82 Å². The highest BCUT2D eigenvalue weighted by atomic mass is 16.5. The summed E-state index contributed by atoms with van der Waals surface area (Å²) in [6.07, 6.45) is 1.70. The molecule has 1 aromatic heterocycles. The highest BCUT2D eigenvalue weighted by Crippen LogP contribution is 2.22. The predicted molar refractivity (Wildman–Crippen MR) is 61.1 cm³/mol. The molecule has 0 aliphatic carbocycles. The normalized spacial score (nSPS) is 10.1. The maximum atomic E-state index is 5.62. The van der Waals surface area contributed by atoms with Crippen molar-refractivity contribution in [1.82, 2.24) is 9.55 Å². The van der Waals surface area contributed by atoms with Crippen molar-refractivity contribution in [3.8, 4) is 17.4 Å². The van der Waals surface area contributed by atoms with Crippen LogP contribution < -0.4 is 15.2 Å². The maximum absolute atomic E-state index is 5.62. The van der Waals surface area contributed by atoms with Gasteiger partial charge in [-0.25, -0.2) is 0 Å². The van der Waals surface area contributed by atoms with Gasteiger partial charge < -0.3 is 15.2 Å². The maximum Gasteiger partial charge on any atom is 0.302 e. The first-order valence-electron chi connectivity index (χ1n) is 4.78. The number of nitrogens with zero attached hydrogens (tertiary/aromatic N) is 2. The molecule has 0 radical (unpaired) electrons. The molecular weight excluding hydrogens is 206 g/mol. The standard InChI is InChI=1S/C11H13N3O2/c1-15-9-5-3-4-8(6-9)14-7-10(12)13-11(14)16-2/h3-7H,12H2,1-2H3. The third-order valence-electron chi connectivity index (χ3n) is 2.21. The minimum Gasteiger partial charge on any atom is -0.497 e. The molecule has 2 rings (SSSR count). The lowest BCUT2D eigenvalue weighted by molar-refractivity contribution is 0.373. The van der Waals surface area contributed by atoms with E-state index in [-0.39, 0.29) is 0 Å². The summed E-state index contributed by atoms with van der Waals surface area (Å²) in [6, 6.07) is 8.02. The Morgan fingerprint density at radius 2 is 2.06 bits per heavy atom. The number of hydrogen-bond donors (Lipinski definition) is 1. The average Bonchev–Trinajstić information content (AvgIpc) is 2.70. The first-order chi connectivity index (χ1) is 7.74. The molecule has 0 bridgehead atoms. The summed E-state index contributed by atoms with van der Waals surface area (Å²) >= 11 is 0. The van der Waals surface area contributed by atoms with Crippen LogP contribution in [0.2, 0.25) is 0 Å². The summed E-state index contributed by atoms with van der Waals surface area (Å²) in [7, 11) is 3.18. The molecule has 0 saturated carbocycles. The second-order valence-electron chi connectivity index (χ2n) is 3.22. The number of nitrogens with two attached hydrogens (primary N) is 1. The Bertz CT molecular complexity index is 494. The van der Waals surface area contributed by atoms with Gasteiger partial charge in [-0.05, 0) is 12.1 Å². The van der Waals surface area contributed by atoms with E-state index in [0.717, 1.165) is 11.4 Å². The fourth-order valence-electron chi connectivity index (χ4n) is 1.47.